The lowest BCUT2D eigenvalue weighted by Crippen LogP contribution is -2.11. The minimum Gasteiger partial charge on any atom is -0.507 e. The number of rotatable bonds is 6. The molecule has 0 atom stereocenters. The van der Waals surface area contributed by atoms with Crippen LogP contribution in [0.3, 0.4) is 0 Å². The fraction of sp³-hybridized carbons (Fsp3) is 0.429. The number of aromatic nitrogens is 1. The van der Waals surface area contributed by atoms with Gasteiger partial charge in [0, 0.05) is 39.7 Å². The molecule has 1 saturated carbocycles. The molecule has 0 amide bonds. The molecule has 7 heteroatoms. The second-order valence-electron chi connectivity index (χ2n) is 7.21. The third-order valence-electron chi connectivity index (χ3n) is 5.20. The third-order valence-corrected chi connectivity index (χ3v) is 6.28. The van der Waals surface area contributed by atoms with Crippen LogP contribution in [0.4, 0.5) is 0 Å². The van der Waals surface area contributed by atoms with E-state index in [2.05, 4.69) is 15.9 Å². The number of phenolic OH excluding ortho intramolecular Hbond substituents is 1. The van der Waals surface area contributed by atoms with Gasteiger partial charge in [-0.1, -0.05) is 19.3 Å². The molecule has 1 aliphatic carbocycles. The highest BCUT2D eigenvalue weighted by Gasteiger charge is 2.21. The zero-order chi connectivity index (χ0) is 20.3. The van der Waals surface area contributed by atoms with Crippen LogP contribution in [0, 0.1) is 6.92 Å². The number of ether oxygens (including phenoxy) is 1. The van der Waals surface area contributed by atoms with Gasteiger partial charge in [-0.05, 0) is 47.8 Å². The molecule has 0 aliphatic heterocycles. The lowest BCUT2D eigenvalue weighted by atomic mass is 9.86. The molecule has 1 fully saturated rings. The monoisotopic (exact) mass is 449 g/mol. The van der Waals surface area contributed by atoms with Crippen LogP contribution in [0.2, 0.25) is 0 Å². The molecule has 0 unspecified atom stereocenters. The number of hydrogen-bond donors (Lipinski definition) is 3. The Balaban J connectivity index is 1.87. The zero-order valence-corrected chi connectivity index (χ0v) is 17.3. The fourth-order valence-corrected chi connectivity index (χ4v) is 4.23. The van der Waals surface area contributed by atoms with Crippen molar-refractivity contribution in [2.24, 2.45) is 0 Å². The maximum Gasteiger partial charge on any atom is 0.341 e. The lowest BCUT2D eigenvalue weighted by molar-refractivity contribution is -0.139. The van der Waals surface area contributed by atoms with Gasteiger partial charge in [0.05, 0.1) is 5.69 Å². The predicted octanol–water partition coefficient (Wildman–Crippen LogP) is 4.67. The summed E-state index contributed by atoms with van der Waals surface area (Å²) in [5.41, 5.74) is 2.85. The van der Waals surface area contributed by atoms with E-state index < -0.39 is 12.6 Å². The number of halogens is 1. The summed E-state index contributed by atoms with van der Waals surface area (Å²) in [6, 6.07) is 4.87. The second-order valence-corrected chi connectivity index (χ2v) is 8.01. The molecule has 1 aliphatic rings. The van der Waals surface area contributed by atoms with Crippen molar-refractivity contribution in [3.63, 3.8) is 0 Å². The van der Waals surface area contributed by atoms with Crippen LogP contribution in [0.25, 0.3) is 0 Å². The molecule has 0 spiro atoms. The number of nitrogens with zero attached hydrogens (tertiary/aromatic N) is 1. The van der Waals surface area contributed by atoms with E-state index in [1.54, 1.807) is 19.1 Å². The fourth-order valence-electron chi connectivity index (χ4n) is 3.69. The van der Waals surface area contributed by atoms with E-state index in [1.165, 1.54) is 12.5 Å². The minimum atomic E-state index is -1.08. The molecular formula is C21H24BrNO5. The summed E-state index contributed by atoms with van der Waals surface area (Å²) in [7, 11) is 0. The Bertz CT molecular complexity index is 878. The van der Waals surface area contributed by atoms with Crippen LogP contribution in [-0.2, 0) is 11.2 Å². The van der Waals surface area contributed by atoms with Crippen LogP contribution < -0.4 is 4.74 Å². The molecule has 1 heterocycles. The van der Waals surface area contributed by atoms with Gasteiger partial charge in [-0.3, -0.25) is 4.98 Å². The Morgan fingerprint density at radius 1 is 1.21 bits per heavy atom. The standard InChI is InChI=1S/C21H24BrNO5/c1-12-18(28-11-19(26)27)10-17(25)15(20(12)22)9-14-7-8-16(24)21(23-14)13-5-3-2-4-6-13/h7-8,10,13,24-25H,2-6,9,11H2,1H3,(H,26,27). The van der Waals surface area contributed by atoms with E-state index in [4.69, 9.17) is 14.8 Å². The maximum atomic E-state index is 10.7. The van der Waals surface area contributed by atoms with Crippen LogP contribution in [0.1, 0.15) is 60.5 Å². The minimum absolute atomic E-state index is 0.00644. The van der Waals surface area contributed by atoms with Crippen molar-refractivity contribution < 1.29 is 24.9 Å². The number of aliphatic carboxylic acids is 1. The van der Waals surface area contributed by atoms with E-state index in [9.17, 15) is 15.0 Å². The SMILES string of the molecule is Cc1c(OCC(=O)O)cc(O)c(Cc2ccc(O)c(C3CCCCC3)n2)c1Br. The van der Waals surface area contributed by atoms with E-state index in [0.717, 1.165) is 37.1 Å². The molecule has 28 heavy (non-hydrogen) atoms. The highest BCUT2D eigenvalue weighted by Crippen LogP contribution is 2.39. The van der Waals surface area contributed by atoms with Crippen LogP contribution >= 0.6 is 15.9 Å². The first-order valence-corrected chi connectivity index (χ1v) is 10.2. The van der Waals surface area contributed by atoms with Crippen LogP contribution in [0.15, 0.2) is 22.7 Å². The second kappa shape index (κ2) is 8.82. The van der Waals surface area contributed by atoms with Gasteiger partial charge in [-0.2, -0.15) is 0 Å². The van der Waals surface area contributed by atoms with Gasteiger partial charge in [-0.15, -0.1) is 0 Å². The molecule has 3 N–H and O–H groups in total. The number of carboxylic acid groups (broad SMARTS) is 1. The Labute approximate surface area is 172 Å². The smallest absolute Gasteiger partial charge is 0.341 e. The van der Waals surface area contributed by atoms with Crippen molar-refractivity contribution in [3.8, 4) is 17.2 Å². The van der Waals surface area contributed by atoms with Gasteiger partial charge in [0.1, 0.15) is 17.2 Å². The number of phenols is 1. The summed E-state index contributed by atoms with van der Waals surface area (Å²) in [6.07, 6.45) is 5.99. The highest BCUT2D eigenvalue weighted by molar-refractivity contribution is 9.10. The van der Waals surface area contributed by atoms with Crippen molar-refractivity contribution in [1.82, 2.24) is 4.98 Å². The Hall–Kier alpha value is -2.28. The summed E-state index contributed by atoms with van der Waals surface area (Å²) in [5, 5.41) is 29.5. The molecule has 6 nitrogen and oxygen atoms in total. The first-order valence-electron chi connectivity index (χ1n) is 9.41. The molecule has 3 rings (SSSR count). The number of carboxylic acids is 1. The van der Waals surface area contributed by atoms with Crippen LogP contribution in [-0.4, -0.2) is 32.9 Å². The summed E-state index contributed by atoms with van der Waals surface area (Å²) in [6.45, 7) is 1.32. The molecule has 150 valence electrons. The molecule has 2 aromatic rings. The average molecular weight is 450 g/mol. The molecular weight excluding hydrogens is 426 g/mol. The maximum absolute atomic E-state index is 10.7. The summed E-state index contributed by atoms with van der Waals surface area (Å²) in [5.74, 6) is -0.251. The number of pyridine rings is 1. The third kappa shape index (κ3) is 4.58. The van der Waals surface area contributed by atoms with Gasteiger partial charge < -0.3 is 20.1 Å². The zero-order valence-electron chi connectivity index (χ0n) is 15.7. The Morgan fingerprint density at radius 3 is 2.61 bits per heavy atom. The highest BCUT2D eigenvalue weighted by atomic mass is 79.9. The number of hydrogen-bond acceptors (Lipinski definition) is 5. The molecule has 0 saturated heterocycles. The average Bonchev–Trinajstić information content (AvgIpc) is 2.68. The van der Waals surface area contributed by atoms with Gasteiger partial charge in [0.25, 0.3) is 0 Å². The Morgan fingerprint density at radius 2 is 1.93 bits per heavy atom. The summed E-state index contributed by atoms with van der Waals surface area (Å²) >= 11 is 3.49. The molecule has 0 radical (unpaired) electrons. The van der Waals surface area contributed by atoms with Gasteiger partial charge in [0.15, 0.2) is 6.61 Å². The van der Waals surface area contributed by atoms with Crippen molar-refractivity contribution in [1.29, 1.82) is 0 Å². The first-order chi connectivity index (χ1) is 13.4. The Kier molecular flexibility index (Phi) is 6.44. The summed E-state index contributed by atoms with van der Waals surface area (Å²) in [4.78, 5) is 15.4. The van der Waals surface area contributed by atoms with Gasteiger partial charge in [-0.25, -0.2) is 4.79 Å². The predicted molar refractivity (Wildman–Crippen MR) is 108 cm³/mol. The topological polar surface area (TPSA) is 99.9 Å². The number of carbonyl (C=O) groups is 1. The van der Waals surface area contributed by atoms with Gasteiger partial charge >= 0.3 is 5.97 Å². The number of aromatic hydroxyl groups is 2. The van der Waals surface area contributed by atoms with Crippen LogP contribution in [0.5, 0.6) is 17.2 Å². The van der Waals surface area contributed by atoms with E-state index in [1.807, 2.05) is 0 Å². The van der Waals surface area contributed by atoms with Crippen molar-refractivity contribution >= 4 is 21.9 Å². The normalized spacial score (nSPS) is 14.8. The van der Waals surface area contributed by atoms with Crippen molar-refractivity contribution in [2.75, 3.05) is 6.61 Å². The van der Waals surface area contributed by atoms with Gasteiger partial charge in [0.2, 0.25) is 0 Å². The molecule has 1 aromatic heterocycles. The van der Waals surface area contributed by atoms with Crippen molar-refractivity contribution in [2.45, 2.75) is 51.4 Å². The molecule has 1 aromatic carbocycles. The van der Waals surface area contributed by atoms with Crippen molar-refractivity contribution in [3.05, 3.63) is 45.2 Å². The van der Waals surface area contributed by atoms with E-state index >= 15 is 0 Å². The summed E-state index contributed by atoms with van der Waals surface area (Å²) < 4.78 is 5.90. The van der Waals surface area contributed by atoms with E-state index in [-0.39, 0.29) is 17.4 Å². The largest absolute Gasteiger partial charge is 0.507 e. The number of benzene rings is 1. The lowest BCUT2D eigenvalue weighted by Gasteiger charge is -2.22. The van der Waals surface area contributed by atoms with E-state index in [0.29, 0.717) is 27.8 Å². The quantitative estimate of drug-likeness (QED) is 0.592. The first kappa shape index (κ1) is 20.5. The molecule has 0 bridgehead atoms.